The maximum Gasteiger partial charge on any atom is 0.331 e. The van der Waals surface area contributed by atoms with Crippen LogP contribution in [0.5, 0.6) is 0 Å². The lowest BCUT2D eigenvalue weighted by Crippen LogP contribution is -2.11. The molecule has 6 heteroatoms. The minimum atomic E-state index is -4.05. The molecular formula is C8H14NO4P. The smallest absolute Gasteiger partial charge is 0.331 e. The van der Waals surface area contributed by atoms with Gasteiger partial charge in [0.05, 0.1) is 11.9 Å². The summed E-state index contributed by atoms with van der Waals surface area (Å²) in [4.78, 5) is 21.4. The standard InChI is InChI=1S/C8H14NO4P/c1-8(2,3)7-9-6(4-13-7)5-14(10,11)12/h4H,5H2,1-3H3,(H2,10,11,12). The summed E-state index contributed by atoms with van der Waals surface area (Å²) in [7, 11) is -4.05. The Bertz CT molecular complexity index is 360. The largest absolute Gasteiger partial charge is 0.448 e. The Morgan fingerprint density at radius 3 is 2.43 bits per heavy atom. The highest BCUT2D eigenvalue weighted by Crippen LogP contribution is 2.39. The van der Waals surface area contributed by atoms with Gasteiger partial charge in [-0.15, -0.1) is 0 Å². The highest BCUT2D eigenvalue weighted by molar-refractivity contribution is 7.50. The molecule has 0 aliphatic carbocycles. The van der Waals surface area contributed by atoms with Crippen molar-refractivity contribution < 1.29 is 18.8 Å². The molecule has 0 saturated carbocycles. The van der Waals surface area contributed by atoms with E-state index in [0.29, 0.717) is 11.6 Å². The van der Waals surface area contributed by atoms with E-state index >= 15 is 0 Å². The van der Waals surface area contributed by atoms with Gasteiger partial charge in [-0.05, 0) is 0 Å². The van der Waals surface area contributed by atoms with E-state index in [1.54, 1.807) is 0 Å². The maximum absolute atomic E-state index is 10.7. The van der Waals surface area contributed by atoms with Gasteiger partial charge in [-0.2, -0.15) is 0 Å². The predicted octanol–water partition coefficient (Wildman–Crippen LogP) is 1.65. The van der Waals surface area contributed by atoms with E-state index in [2.05, 4.69) is 4.98 Å². The molecular weight excluding hydrogens is 205 g/mol. The van der Waals surface area contributed by atoms with E-state index in [1.807, 2.05) is 20.8 Å². The molecule has 0 aliphatic rings. The van der Waals surface area contributed by atoms with Crippen molar-refractivity contribution in [1.82, 2.24) is 4.98 Å². The van der Waals surface area contributed by atoms with Crippen LogP contribution in [-0.4, -0.2) is 14.8 Å². The Hall–Kier alpha value is -0.640. The zero-order valence-electron chi connectivity index (χ0n) is 8.39. The van der Waals surface area contributed by atoms with E-state index in [9.17, 15) is 4.57 Å². The molecule has 1 aromatic heterocycles. The van der Waals surface area contributed by atoms with Crippen molar-refractivity contribution in [2.24, 2.45) is 0 Å². The minimum absolute atomic E-state index is 0.243. The number of nitrogens with zero attached hydrogens (tertiary/aromatic N) is 1. The van der Waals surface area contributed by atoms with Gasteiger partial charge in [-0.1, -0.05) is 20.8 Å². The van der Waals surface area contributed by atoms with Gasteiger partial charge in [0, 0.05) is 5.41 Å². The second-order valence-electron chi connectivity index (χ2n) is 4.22. The molecule has 5 nitrogen and oxygen atoms in total. The Morgan fingerprint density at radius 2 is 2.07 bits per heavy atom. The highest BCUT2D eigenvalue weighted by atomic mass is 31.2. The second-order valence-corrected chi connectivity index (χ2v) is 5.86. The first-order valence-electron chi connectivity index (χ1n) is 4.18. The molecule has 0 aliphatic heterocycles. The van der Waals surface area contributed by atoms with Crippen molar-refractivity contribution in [3.05, 3.63) is 17.8 Å². The number of aromatic nitrogens is 1. The van der Waals surface area contributed by atoms with Gasteiger partial charge in [0.2, 0.25) is 0 Å². The topological polar surface area (TPSA) is 83.6 Å². The van der Waals surface area contributed by atoms with Crippen molar-refractivity contribution in [3.63, 3.8) is 0 Å². The van der Waals surface area contributed by atoms with Gasteiger partial charge in [0.15, 0.2) is 5.89 Å². The summed E-state index contributed by atoms with van der Waals surface area (Å²) in [6, 6.07) is 0. The average Bonchev–Trinajstić information content (AvgIpc) is 2.29. The van der Waals surface area contributed by atoms with Crippen molar-refractivity contribution >= 4 is 7.60 Å². The first kappa shape index (κ1) is 11.4. The Morgan fingerprint density at radius 1 is 1.50 bits per heavy atom. The zero-order valence-corrected chi connectivity index (χ0v) is 9.28. The molecule has 0 amide bonds. The molecule has 0 bridgehead atoms. The van der Waals surface area contributed by atoms with E-state index < -0.39 is 7.60 Å². The first-order chi connectivity index (χ1) is 6.18. The minimum Gasteiger partial charge on any atom is -0.448 e. The van der Waals surface area contributed by atoms with Gasteiger partial charge >= 0.3 is 7.60 Å². The lowest BCUT2D eigenvalue weighted by atomic mass is 9.97. The van der Waals surface area contributed by atoms with Crippen molar-refractivity contribution in [2.75, 3.05) is 0 Å². The third-order valence-corrected chi connectivity index (χ3v) is 2.30. The van der Waals surface area contributed by atoms with E-state index in [0.717, 1.165) is 0 Å². The van der Waals surface area contributed by atoms with Gasteiger partial charge in [0.1, 0.15) is 6.26 Å². The summed E-state index contributed by atoms with van der Waals surface area (Å²) in [6.07, 6.45) is 0.923. The van der Waals surface area contributed by atoms with Crippen molar-refractivity contribution in [3.8, 4) is 0 Å². The number of hydrogen-bond donors (Lipinski definition) is 2. The summed E-state index contributed by atoms with van der Waals surface area (Å²) >= 11 is 0. The lowest BCUT2D eigenvalue weighted by Gasteiger charge is -2.11. The molecule has 1 rings (SSSR count). The number of oxazole rings is 1. The molecule has 1 heterocycles. The third-order valence-electron chi connectivity index (χ3n) is 1.56. The molecule has 2 N–H and O–H groups in total. The number of rotatable bonds is 2. The van der Waals surface area contributed by atoms with Crippen LogP contribution >= 0.6 is 7.60 Å². The average molecular weight is 219 g/mol. The second kappa shape index (κ2) is 3.50. The summed E-state index contributed by atoms with van der Waals surface area (Å²) in [5.41, 5.74) is 0.0518. The first-order valence-corrected chi connectivity index (χ1v) is 5.98. The van der Waals surface area contributed by atoms with E-state index in [-0.39, 0.29) is 11.6 Å². The van der Waals surface area contributed by atoms with Crippen LogP contribution in [0.3, 0.4) is 0 Å². The normalized spacial score (nSPS) is 13.2. The summed E-state index contributed by atoms with van der Waals surface area (Å²) in [6.45, 7) is 5.75. The zero-order chi connectivity index (χ0) is 11.0. The number of hydrogen-bond acceptors (Lipinski definition) is 3. The fourth-order valence-corrected chi connectivity index (χ4v) is 1.50. The molecule has 80 valence electrons. The van der Waals surface area contributed by atoms with E-state index in [1.165, 1.54) is 6.26 Å². The van der Waals surface area contributed by atoms with Crippen LogP contribution in [0.2, 0.25) is 0 Å². The lowest BCUT2D eigenvalue weighted by molar-refractivity contribution is 0.371. The SMILES string of the molecule is CC(C)(C)c1nc(CP(=O)(O)O)co1. The van der Waals surface area contributed by atoms with Crippen LogP contribution in [-0.2, 0) is 16.1 Å². The Kier molecular flexibility index (Phi) is 2.86. The fraction of sp³-hybridized carbons (Fsp3) is 0.625. The summed E-state index contributed by atoms with van der Waals surface area (Å²) < 4.78 is 15.8. The Labute approximate surface area is 82.3 Å². The van der Waals surface area contributed by atoms with Crippen molar-refractivity contribution in [2.45, 2.75) is 32.3 Å². The molecule has 0 fully saturated rings. The summed E-state index contributed by atoms with van der Waals surface area (Å²) in [5, 5.41) is 0. The maximum atomic E-state index is 10.7. The van der Waals surface area contributed by atoms with Gasteiger partial charge < -0.3 is 14.2 Å². The van der Waals surface area contributed by atoms with Crippen LogP contribution in [0.1, 0.15) is 32.4 Å². The molecule has 0 radical (unpaired) electrons. The monoisotopic (exact) mass is 219 g/mol. The fourth-order valence-electron chi connectivity index (χ4n) is 0.935. The van der Waals surface area contributed by atoms with Crippen LogP contribution in [0, 0.1) is 0 Å². The molecule has 0 unspecified atom stereocenters. The molecule has 0 atom stereocenters. The van der Waals surface area contributed by atoms with Gasteiger partial charge in [0.25, 0.3) is 0 Å². The van der Waals surface area contributed by atoms with Crippen LogP contribution in [0.4, 0.5) is 0 Å². The van der Waals surface area contributed by atoms with Crippen LogP contribution < -0.4 is 0 Å². The van der Waals surface area contributed by atoms with Crippen LogP contribution in [0.25, 0.3) is 0 Å². The third kappa shape index (κ3) is 3.25. The van der Waals surface area contributed by atoms with Gasteiger partial charge in [-0.25, -0.2) is 4.98 Å². The molecule has 0 spiro atoms. The molecule has 0 saturated heterocycles. The van der Waals surface area contributed by atoms with Crippen LogP contribution in [0.15, 0.2) is 10.7 Å². The molecule has 14 heavy (non-hydrogen) atoms. The predicted molar refractivity (Wildman–Crippen MR) is 51.0 cm³/mol. The Balaban J connectivity index is 2.85. The molecule has 1 aromatic rings. The molecule has 0 aromatic carbocycles. The summed E-state index contributed by atoms with van der Waals surface area (Å²) in [5.74, 6) is 0.487. The highest BCUT2D eigenvalue weighted by Gasteiger charge is 2.23. The van der Waals surface area contributed by atoms with E-state index in [4.69, 9.17) is 14.2 Å². The van der Waals surface area contributed by atoms with Gasteiger partial charge in [-0.3, -0.25) is 4.57 Å². The van der Waals surface area contributed by atoms with Crippen molar-refractivity contribution in [1.29, 1.82) is 0 Å². The quantitative estimate of drug-likeness (QED) is 0.739.